The van der Waals surface area contributed by atoms with Gasteiger partial charge in [-0.15, -0.1) is 5.10 Å². The molecule has 0 bridgehead atoms. The van der Waals surface area contributed by atoms with Crippen molar-refractivity contribution in [2.24, 2.45) is 5.41 Å². The minimum Gasteiger partial charge on any atom is -0.368 e. The molecule has 5 nitrogen and oxygen atoms in total. The number of aromatic nitrogens is 2. The summed E-state index contributed by atoms with van der Waals surface area (Å²) in [4.78, 5) is 11.5. The lowest BCUT2D eigenvalue weighted by Crippen LogP contribution is -2.39. The van der Waals surface area contributed by atoms with Gasteiger partial charge in [0, 0.05) is 19.8 Å². The molecule has 0 spiro atoms. The molecular formula is C10H16N4O. The minimum atomic E-state index is -0.466. The number of carbonyl (C=O) groups excluding carboxylic acids is 1. The topological polar surface area (TPSA) is 66.9 Å². The number of nitrogens with one attached hydrogen (secondary N) is 2. The molecule has 1 aromatic rings. The molecule has 0 aliphatic rings. The molecule has 2 N–H and O–H groups in total. The number of rotatable bonds is 4. The van der Waals surface area contributed by atoms with Crippen molar-refractivity contribution in [3.05, 3.63) is 18.3 Å². The fourth-order valence-electron chi connectivity index (χ4n) is 1.13. The largest absolute Gasteiger partial charge is 0.368 e. The summed E-state index contributed by atoms with van der Waals surface area (Å²) in [6, 6.07) is 3.61. The van der Waals surface area contributed by atoms with Gasteiger partial charge in [-0.3, -0.25) is 4.79 Å². The summed E-state index contributed by atoms with van der Waals surface area (Å²) in [6.45, 7) is 4.26. The summed E-state index contributed by atoms with van der Waals surface area (Å²) in [5.74, 6) is 0.674. The lowest BCUT2D eigenvalue weighted by Gasteiger charge is -2.22. The van der Waals surface area contributed by atoms with E-state index in [0.717, 1.165) is 0 Å². The van der Waals surface area contributed by atoms with E-state index in [2.05, 4.69) is 20.8 Å². The van der Waals surface area contributed by atoms with Crippen LogP contribution in [0.3, 0.4) is 0 Å². The van der Waals surface area contributed by atoms with Crippen LogP contribution in [-0.2, 0) is 4.79 Å². The van der Waals surface area contributed by atoms with E-state index in [1.165, 1.54) is 0 Å². The molecule has 15 heavy (non-hydrogen) atoms. The highest BCUT2D eigenvalue weighted by Crippen LogP contribution is 2.15. The zero-order valence-electron chi connectivity index (χ0n) is 9.24. The zero-order valence-corrected chi connectivity index (χ0v) is 9.24. The normalized spacial score (nSPS) is 10.9. The van der Waals surface area contributed by atoms with Crippen LogP contribution in [0, 0.1) is 5.41 Å². The van der Waals surface area contributed by atoms with Crippen molar-refractivity contribution in [2.45, 2.75) is 13.8 Å². The molecule has 0 aliphatic heterocycles. The predicted octanol–water partition coefficient (Wildman–Crippen LogP) is 0.661. The molecular weight excluding hydrogens is 192 g/mol. The van der Waals surface area contributed by atoms with E-state index in [4.69, 9.17) is 0 Å². The summed E-state index contributed by atoms with van der Waals surface area (Å²) in [6.07, 6.45) is 1.61. The third-order valence-electron chi connectivity index (χ3n) is 2.13. The first kappa shape index (κ1) is 11.4. The number of hydrogen-bond donors (Lipinski definition) is 2. The van der Waals surface area contributed by atoms with Crippen LogP contribution in [0.1, 0.15) is 13.8 Å². The van der Waals surface area contributed by atoms with Gasteiger partial charge in [0.25, 0.3) is 0 Å². The van der Waals surface area contributed by atoms with E-state index in [9.17, 15) is 4.79 Å². The zero-order chi connectivity index (χ0) is 11.3. The fraction of sp³-hybridized carbons (Fsp3) is 0.500. The summed E-state index contributed by atoms with van der Waals surface area (Å²) >= 11 is 0. The van der Waals surface area contributed by atoms with Crippen molar-refractivity contribution >= 4 is 11.7 Å². The lowest BCUT2D eigenvalue weighted by atomic mass is 9.92. The van der Waals surface area contributed by atoms with Gasteiger partial charge >= 0.3 is 0 Å². The molecule has 0 fully saturated rings. The van der Waals surface area contributed by atoms with Crippen molar-refractivity contribution in [1.82, 2.24) is 15.5 Å². The number of amides is 1. The van der Waals surface area contributed by atoms with Crippen LogP contribution in [0.25, 0.3) is 0 Å². The average Bonchev–Trinajstić information content (AvgIpc) is 2.27. The number of carbonyl (C=O) groups is 1. The van der Waals surface area contributed by atoms with Crippen LogP contribution >= 0.6 is 0 Å². The first-order valence-corrected chi connectivity index (χ1v) is 4.80. The standard InChI is InChI=1S/C10H16N4O/c1-10(2,9(15)11-3)7-12-8-5-4-6-13-14-8/h4-6H,7H2,1-3H3,(H,11,15)(H,12,14). The second-order valence-corrected chi connectivity index (χ2v) is 3.93. The molecule has 82 valence electrons. The maximum atomic E-state index is 11.5. The first-order valence-electron chi connectivity index (χ1n) is 4.80. The second kappa shape index (κ2) is 4.72. The summed E-state index contributed by atoms with van der Waals surface area (Å²) in [5, 5.41) is 13.3. The van der Waals surface area contributed by atoms with Gasteiger partial charge in [0.05, 0.1) is 5.41 Å². The van der Waals surface area contributed by atoms with Crippen LogP contribution in [-0.4, -0.2) is 29.7 Å². The highest BCUT2D eigenvalue weighted by molar-refractivity contribution is 5.82. The molecule has 0 atom stereocenters. The SMILES string of the molecule is CNC(=O)C(C)(C)CNc1cccnn1. The summed E-state index contributed by atoms with van der Waals surface area (Å²) in [5.41, 5.74) is -0.466. The van der Waals surface area contributed by atoms with E-state index in [0.29, 0.717) is 12.4 Å². The monoisotopic (exact) mass is 208 g/mol. The highest BCUT2D eigenvalue weighted by Gasteiger charge is 2.26. The van der Waals surface area contributed by atoms with E-state index in [-0.39, 0.29) is 5.91 Å². The molecule has 1 aromatic heterocycles. The molecule has 1 rings (SSSR count). The molecule has 5 heteroatoms. The Hall–Kier alpha value is -1.65. The first-order chi connectivity index (χ1) is 7.06. The van der Waals surface area contributed by atoms with Gasteiger partial charge in [0.2, 0.25) is 5.91 Å². The van der Waals surface area contributed by atoms with Crippen molar-refractivity contribution in [3.8, 4) is 0 Å². The molecule has 0 radical (unpaired) electrons. The van der Waals surface area contributed by atoms with Gasteiger partial charge in [-0.05, 0) is 26.0 Å². The highest BCUT2D eigenvalue weighted by atomic mass is 16.2. The van der Waals surface area contributed by atoms with Gasteiger partial charge in [-0.1, -0.05) is 0 Å². The molecule has 0 saturated carbocycles. The third-order valence-corrected chi connectivity index (χ3v) is 2.13. The Bertz CT molecular complexity index is 323. The number of hydrogen-bond acceptors (Lipinski definition) is 4. The van der Waals surface area contributed by atoms with Crippen molar-refractivity contribution in [1.29, 1.82) is 0 Å². The molecule has 0 unspecified atom stereocenters. The lowest BCUT2D eigenvalue weighted by molar-refractivity contribution is -0.128. The Morgan fingerprint density at radius 1 is 1.53 bits per heavy atom. The summed E-state index contributed by atoms with van der Waals surface area (Å²) < 4.78 is 0. The Kier molecular flexibility index (Phi) is 3.60. The third kappa shape index (κ3) is 3.19. The van der Waals surface area contributed by atoms with Gasteiger partial charge in [-0.2, -0.15) is 5.10 Å². The Labute approximate surface area is 89.3 Å². The Morgan fingerprint density at radius 3 is 2.80 bits per heavy atom. The average molecular weight is 208 g/mol. The number of nitrogens with zero attached hydrogens (tertiary/aromatic N) is 2. The molecule has 1 heterocycles. The van der Waals surface area contributed by atoms with E-state index in [1.807, 2.05) is 19.9 Å². The molecule has 0 aromatic carbocycles. The Balaban J connectivity index is 2.53. The molecule has 0 saturated heterocycles. The Morgan fingerprint density at radius 2 is 2.27 bits per heavy atom. The van der Waals surface area contributed by atoms with Crippen molar-refractivity contribution < 1.29 is 4.79 Å². The quantitative estimate of drug-likeness (QED) is 0.762. The molecule has 0 aliphatic carbocycles. The fourth-order valence-corrected chi connectivity index (χ4v) is 1.13. The van der Waals surface area contributed by atoms with Gasteiger partial charge in [0.1, 0.15) is 5.82 Å². The van der Waals surface area contributed by atoms with Gasteiger partial charge < -0.3 is 10.6 Å². The second-order valence-electron chi connectivity index (χ2n) is 3.93. The smallest absolute Gasteiger partial charge is 0.227 e. The van der Waals surface area contributed by atoms with Gasteiger partial charge in [0.15, 0.2) is 0 Å². The van der Waals surface area contributed by atoms with Crippen molar-refractivity contribution in [3.63, 3.8) is 0 Å². The maximum absolute atomic E-state index is 11.5. The van der Waals surface area contributed by atoms with Crippen LogP contribution < -0.4 is 10.6 Å². The molecule has 1 amide bonds. The van der Waals surface area contributed by atoms with Crippen molar-refractivity contribution in [2.75, 3.05) is 18.9 Å². The number of anilines is 1. The minimum absolute atomic E-state index is 0.00103. The predicted molar refractivity (Wildman–Crippen MR) is 58.4 cm³/mol. The van der Waals surface area contributed by atoms with Crippen LogP contribution in [0.4, 0.5) is 5.82 Å². The van der Waals surface area contributed by atoms with E-state index >= 15 is 0 Å². The van der Waals surface area contributed by atoms with E-state index < -0.39 is 5.41 Å². The van der Waals surface area contributed by atoms with Gasteiger partial charge in [-0.25, -0.2) is 0 Å². The maximum Gasteiger partial charge on any atom is 0.227 e. The van der Waals surface area contributed by atoms with Crippen LogP contribution in [0.2, 0.25) is 0 Å². The summed E-state index contributed by atoms with van der Waals surface area (Å²) in [7, 11) is 1.63. The van der Waals surface area contributed by atoms with Crippen LogP contribution in [0.15, 0.2) is 18.3 Å². The van der Waals surface area contributed by atoms with E-state index in [1.54, 1.807) is 19.3 Å². The van der Waals surface area contributed by atoms with Crippen LogP contribution in [0.5, 0.6) is 0 Å².